The molecular weight excluding hydrogens is 1480 g/mol. The highest BCUT2D eigenvalue weighted by molar-refractivity contribution is 6.30. The van der Waals surface area contributed by atoms with E-state index in [0.717, 1.165) is 167 Å². The topological polar surface area (TPSA) is 326 Å². The molecule has 0 amide bonds. The molecule has 0 atom stereocenters. The molecule has 3 saturated heterocycles. The Morgan fingerprint density at radius 1 is 0.383 bits per heavy atom. The lowest BCUT2D eigenvalue weighted by Gasteiger charge is -2.35. The second-order valence-corrected chi connectivity index (χ2v) is 28.9. The molecule has 3 fully saturated rings. The number of aryl methyl sites for hydroxylation is 3. The highest BCUT2D eigenvalue weighted by atomic mass is 35.5. The number of nitriles is 3. The molecule has 2 aromatic carbocycles. The van der Waals surface area contributed by atoms with E-state index in [1.807, 2.05) is 144 Å². The third-order valence-corrected chi connectivity index (χ3v) is 21.0. The Hall–Kier alpha value is -14.0. The average Bonchev–Trinajstić information content (AvgIpc) is 1.64. The number of piperazine rings is 3. The van der Waals surface area contributed by atoms with E-state index in [1.165, 1.54) is 18.2 Å². The van der Waals surface area contributed by atoms with Crippen molar-refractivity contribution in [3.8, 4) is 85.0 Å². The number of nitrogens with two attached hydrogens (primary N) is 3. The van der Waals surface area contributed by atoms with Gasteiger partial charge in [0.05, 0.1) is 40.2 Å². The van der Waals surface area contributed by atoms with E-state index in [-0.39, 0.29) is 23.3 Å². The first kappa shape index (κ1) is 75.0. The Kier molecular flexibility index (Phi) is 21.1. The normalized spacial score (nSPS) is 14.2. The van der Waals surface area contributed by atoms with E-state index in [0.29, 0.717) is 76.6 Å². The number of nitrogen functional groups attached to an aromatic ring is 3. The van der Waals surface area contributed by atoms with Crippen molar-refractivity contribution in [2.24, 2.45) is 21.1 Å². The fraction of sp³-hybridized carbons (Fsp3) is 0.217. The summed E-state index contributed by atoms with van der Waals surface area (Å²) in [5.74, 6) is 2.18. The number of hydrogen-bond donors (Lipinski definition) is 3. The molecule has 0 bridgehead atoms. The molecule has 0 spiro atoms. The maximum absolute atomic E-state index is 14.1. The summed E-state index contributed by atoms with van der Waals surface area (Å²) in [5, 5.41) is 56.0. The molecule has 13 aromatic heterocycles. The summed E-state index contributed by atoms with van der Waals surface area (Å²) in [5.41, 5.74) is 34.2. The molecule has 3 aliphatic heterocycles. The van der Waals surface area contributed by atoms with Gasteiger partial charge in [0.1, 0.15) is 69.8 Å². The van der Waals surface area contributed by atoms with Crippen LogP contribution in [0.4, 0.5) is 48.1 Å². The van der Waals surface area contributed by atoms with Crippen LogP contribution in [0.2, 0.25) is 5.02 Å². The van der Waals surface area contributed by atoms with Gasteiger partial charge in [0.15, 0.2) is 17.5 Å². The zero-order valence-electron chi connectivity index (χ0n) is 62.9. The van der Waals surface area contributed by atoms with Crippen LogP contribution in [0.5, 0.6) is 0 Å². The van der Waals surface area contributed by atoms with Crippen molar-refractivity contribution in [2.45, 2.75) is 19.6 Å². The highest BCUT2D eigenvalue weighted by Crippen LogP contribution is 2.39. The van der Waals surface area contributed by atoms with Gasteiger partial charge in [-0.05, 0) is 102 Å². The number of aromatic nitrogens is 16. The second kappa shape index (κ2) is 32.4. The largest absolute Gasteiger partial charge is 0.381 e. The Morgan fingerprint density at radius 3 is 1.11 bits per heavy atom. The van der Waals surface area contributed by atoms with Crippen LogP contribution in [0.25, 0.3) is 83.3 Å². The quantitative estimate of drug-likeness (QED) is 0.0858. The lowest BCUT2D eigenvalue weighted by molar-refractivity contribution is 0.245. The summed E-state index contributed by atoms with van der Waals surface area (Å²) in [6, 6.07) is 37.0. The Balaban J connectivity index is 0.000000130. The van der Waals surface area contributed by atoms with Crippen molar-refractivity contribution in [3.05, 3.63) is 246 Å². The van der Waals surface area contributed by atoms with Crippen LogP contribution in [-0.2, 0) is 40.8 Å². The van der Waals surface area contributed by atoms with Gasteiger partial charge in [-0.3, -0.25) is 33.7 Å². The van der Waals surface area contributed by atoms with E-state index in [9.17, 15) is 29.0 Å². The molecule has 3 aliphatic rings. The first-order valence-electron chi connectivity index (χ1n) is 37.1. The minimum Gasteiger partial charge on any atom is -0.381 e. The molecule has 15 aromatic rings. The molecular formula is C83H76ClF3N28. The van der Waals surface area contributed by atoms with Crippen LogP contribution >= 0.6 is 11.6 Å². The molecule has 0 radical (unpaired) electrons. The third-order valence-electron chi connectivity index (χ3n) is 20.8. The maximum atomic E-state index is 14.1. The van der Waals surface area contributed by atoms with E-state index < -0.39 is 11.6 Å². The lowest BCUT2D eigenvalue weighted by atomic mass is 10.0. The minimum absolute atomic E-state index is 0.169. The van der Waals surface area contributed by atoms with Gasteiger partial charge in [-0.1, -0.05) is 23.7 Å². The number of anilines is 6. The second-order valence-electron chi connectivity index (χ2n) is 28.5. The number of rotatable bonds is 15. The number of hydrogen-bond acceptors (Lipinski definition) is 22. The van der Waals surface area contributed by atoms with Crippen molar-refractivity contribution in [2.75, 3.05) is 110 Å². The molecule has 32 heteroatoms. The van der Waals surface area contributed by atoms with Gasteiger partial charge in [0.2, 0.25) is 0 Å². The van der Waals surface area contributed by atoms with E-state index >= 15 is 0 Å². The molecule has 0 saturated carbocycles. The van der Waals surface area contributed by atoms with Crippen molar-refractivity contribution < 1.29 is 13.2 Å². The van der Waals surface area contributed by atoms with Crippen molar-refractivity contribution in [1.82, 2.24) is 92.8 Å². The van der Waals surface area contributed by atoms with Crippen LogP contribution in [-0.4, -0.2) is 171 Å². The fourth-order valence-corrected chi connectivity index (χ4v) is 15.2. The number of fused-ring (bicyclic) bond motifs is 3. The summed E-state index contributed by atoms with van der Waals surface area (Å²) < 4.78 is 51.3. The van der Waals surface area contributed by atoms with Gasteiger partial charge in [0, 0.05) is 260 Å². The Labute approximate surface area is 663 Å². The smallest absolute Gasteiger partial charge is 0.164 e. The fourth-order valence-electron chi connectivity index (χ4n) is 15.0. The molecule has 6 N–H and O–H groups in total. The van der Waals surface area contributed by atoms with E-state index in [1.54, 1.807) is 70.7 Å². The van der Waals surface area contributed by atoms with Crippen molar-refractivity contribution in [3.63, 3.8) is 0 Å². The van der Waals surface area contributed by atoms with Crippen molar-refractivity contribution >= 4 is 63.1 Å². The lowest BCUT2D eigenvalue weighted by Crippen LogP contribution is -2.46. The molecule has 115 heavy (non-hydrogen) atoms. The minimum atomic E-state index is -0.432. The van der Waals surface area contributed by atoms with E-state index in [4.69, 9.17) is 43.8 Å². The summed E-state index contributed by atoms with van der Waals surface area (Å²) in [4.78, 5) is 32.0. The third kappa shape index (κ3) is 16.1. The number of benzene rings is 2. The van der Waals surface area contributed by atoms with Crippen LogP contribution in [0.15, 0.2) is 190 Å². The highest BCUT2D eigenvalue weighted by Gasteiger charge is 2.27. The standard InChI is InChI=1S/C28H25F2N9.C28H26FN9.C27H25ClN10/c1-36-15-21(14-34-36)19-11-23(27-24(12-31)28(32)35-39(27)17-19)18-2-5-26(33-13-18)38-8-6-37(7-9-38)16-20-10-22(29)3-4-25(20)30;1-35-17-22(15-33-35)21-12-24(27-25(13-30)28(31)34-38(27)18-21)20-5-6-26(32-14-20)37-9-7-36(8-10-37)16-19-3-2-4-23(29)11-19;1-35-16-21(13-33-35)20-9-23(26-24(10-29)27(30)34-38(26)17-20)19-2-3-25(32-12-19)37-6-4-36(5-7-37)15-18-8-22(28)14-31-11-18/h2-5,10-11,13-15,17H,6-9,16H2,1H3,(H2,32,35);2-6,11-12,14-15,17-18H,7-10,16H2,1H3,(H2,31,34);2-3,8-9,11-14,16-17H,4-7,15H2,1H3,(H2,30,34). The van der Waals surface area contributed by atoms with Crippen LogP contribution < -0.4 is 31.9 Å². The Bertz CT molecular complexity index is 5970. The first-order chi connectivity index (χ1) is 55.8. The van der Waals surface area contributed by atoms with E-state index in [2.05, 4.69) is 83.2 Å². The predicted octanol–water partition coefficient (Wildman–Crippen LogP) is 11.2. The molecule has 0 aliphatic carbocycles. The summed E-state index contributed by atoms with van der Waals surface area (Å²) in [7, 11) is 5.59. The number of pyridine rings is 7. The first-order valence-corrected chi connectivity index (χ1v) is 37.5. The Morgan fingerprint density at radius 2 is 0.765 bits per heavy atom. The summed E-state index contributed by atoms with van der Waals surface area (Å²) in [6.45, 7) is 11.7. The van der Waals surface area contributed by atoms with Crippen molar-refractivity contribution in [1.29, 1.82) is 15.8 Å². The van der Waals surface area contributed by atoms with Gasteiger partial charge < -0.3 is 31.9 Å². The zero-order valence-corrected chi connectivity index (χ0v) is 63.7. The maximum Gasteiger partial charge on any atom is 0.164 e. The predicted molar refractivity (Wildman–Crippen MR) is 434 cm³/mol. The average molecular weight is 1560 g/mol. The monoisotopic (exact) mass is 1560 g/mol. The van der Waals surface area contributed by atoms with Gasteiger partial charge in [-0.25, -0.2) is 41.7 Å². The van der Waals surface area contributed by atoms with Gasteiger partial charge in [-0.2, -0.15) is 31.1 Å². The van der Waals surface area contributed by atoms with Gasteiger partial charge in [-0.15, -0.1) is 15.3 Å². The molecule has 0 unspecified atom stereocenters. The van der Waals surface area contributed by atoms with Crippen LogP contribution in [0.1, 0.15) is 33.4 Å². The zero-order chi connectivity index (χ0) is 79.5. The summed E-state index contributed by atoms with van der Waals surface area (Å²) in [6.07, 6.45) is 25.7. The van der Waals surface area contributed by atoms with Crippen LogP contribution in [0.3, 0.4) is 0 Å². The summed E-state index contributed by atoms with van der Waals surface area (Å²) >= 11 is 6.09. The van der Waals surface area contributed by atoms with Gasteiger partial charge in [0.25, 0.3) is 0 Å². The van der Waals surface area contributed by atoms with Gasteiger partial charge >= 0.3 is 0 Å². The number of halogens is 4. The van der Waals surface area contributed by atoms with Crippen LogP contribution in [0, 0.1) is 51.4 Å². The molecule has 576 valence electrons. The molecule has 28 nitrogen and oxygen atoms in total. The SMILES string of the molecule is Cn1cc(-c2cc(-c3ccc(N4CCN(Cc5cc(F)ccc5F)CC4)nc3)c3c(C#N)c(N)nn3c2)cn1.Cn1cc(-c2cc(-c3ccc(N4CCN(Cc5cccc(F)c5)CC4)nc3)c3c(C#N)c(N)nn3c2)cn1.Cn1cc(-c2cc(-c3ccc(N4CCN(Cc5cncc(Cl)c5)CC4)nc3)c3c(C#N)c(N)nn3c2)cn1. The molecule has 16 heterocycles. The number of nitrogens with zero attached hydrogens (tertiary/aromatic N) is 25. The molecule has 18 rings (SSSR count).